The van der Waals surface area contributed by atoms with Crippen molar-refractivity contribution < 1.29 is 9.59 Å². The first-order valence-corrected chi connectivity index (χ1v) is 6.24. The summed E-state index contributed by atoms with van der Waals surface area (Å²) in [5.74, 6) is 1.51. The lowest BCUT2D eigenvalue weighted by Gasteiger charge is -2.08. The second-order valence-corrected chi connectivity index (χ2v) is 5.20. The fraction of sp³-hybridized carbons (Fsp3) is 0.667. The number of Topliss-reactive ketones (excluding diaryl/α,β-unsaturated/α-hetero) is 1. The van der Waals surface area contributed by atoms with Crippen molar-refractivity contribution in [3.8, 4) is 0 Å². The molecule has 86 valence electrons. The number of ketones is 1. The topological polar surface area (TPSA) is 34.1 Å². The summed E-state index contributed by atoms with van der Waals surface area (Å²) in [6.45, 7) is 9.06. The van der Waals surface area contributed by atoms with Crippen molar-refractivity contribution in [3.63, 3.8) is 0 Å². The Kier molecular flexibility index (Phi) is 7.39. The zero-order chi connectivity index (χ0) is 11.8. The Balaban J connectivity index is 3.54. The van der Waals surface area contributed by atoms with Gasteiger partial charge in [0.1, 0.15) is 0 Å². The molecule has 1 atom stereocenters. The Morgan fingerprint density at radius 2 is 1.93 bits per heavy atom. The predicted octanol–water partition coefficient (Wildman–Crippen LogP) is 3.22. The van der Waals surface area contributed by atoms with E-state index < -0.39 is 0 Å². The van der Waals surface area contributed by atoms with Crippen molar-refractivity contribution in [1.29, 1.82) is 0 Å². The summed E-state index contributed by atoms with van der Waals surface area (Å²) in [7, 11) is 0. The first-order chi connectivity index (χ1) is 6.93. The van der Waals surface area contributed by atoms with Crippen molar-refractivity contribution in [3.05, 3.63) is 12.2 Å². The normalized spacial score (nSPS) is 12.2. The van der Waals surface area contributed by atoms with E-state index in [0.29, 0.717) is 17.9 Å². The smallest absolute Gasteiger partial charge is 0.185 e. The number of carbonyl (C=O) groups is 2. The van der Waals surface area contributed by atoms with Gasteiger partial charge in [-0.05, 0) is 31.3 Å². The number of hydrogen-bond acceptors (Lipinski definition) is 3. The molecular weight excluding hydrogens is 208 g/mol. The molecule has 1 unspecified atom stereocenters. The molecule has 0 radical (unpaired) electrons. The van der Waals surface area contributed by atoms with E-state index in [-0.39, 0.29) is 10.9 Å². The number of allylic oxidation sites excluding steroid dienone is 1. The third kappa shape index (κ3) is 8.43. The van der Waals surface area contributed by atoms with E-state index in [9.17, 15) is 9.59 Å². The minimum absolute atomic E-state index is 0.154. The Bertz CT molecular complexity index is 246. The minimum atomic E-state index is 0.154. The van der Waals surface area contributed by atoms with Crippen molar-refractivity contribution in [1.82, 2.24) is 0 Å². The summed E-state index contributed by atoms with van der Waals surface area (Å²) < 4.78 is 0. The molecule has 3 heteroatoms. The molecule has 0 heterocycles. The van der Waals surface area contributed by atoms with Gasteiger partial charge in [0.25, 0.3) is 0 Å². The van der Waals surface area contributed by atoms with Crippen LogP contribution < -0.4 is 0 Å². The van der Waals surface area contributed by atoms with Gasteiger partial charge in [-0.15, -0.1) is 0 Å². The molecule has 15 heavy (non-hydrogen) atoms. The van der Waals surface area contributed by atoms with Gasteiger partial charge in [-0.25, -0.2) is 0 Å². The molecule has 0 amide bonds. The number of carbonyl (C=O) groups excluding carboxylic acids is 2. The number of hydrogen-bond donors (Lipinski definition) is 0. The van der Waals surface area contributed by atoms with Gasteiger partial charge in [0.2, 0.25) is 0 Å². The fourth-order valence-corrected chi connectivity index (χ4v) is 1.85. The fourth-order valence-electron chi connectivity index (χ4n) is 1.17. The monoisotopic (exact) mass is 228 g/mol. The third-order valence-electron chi connectivity index (χ3n) is 2.15. The third-order valence-corrected chi connectivity index (χ3v) is 3.29. The predicted molar refractivity (Wildman–Crippen MR) is 66.0 cm³/mol. The molecule has 0 spiro atoms. The molecule has 0 aliphatic heterocycles. The average Bonchev–Trinajstić information content (AvgIpc) is 2.14. The average molecular weight is 228 g/mol. The van der Waals surface area contributed by atoms with Crippen LogP contribution in [0.25, 0.3) is 0 Å². The molecule has 0 aromatic carbocycles. The second kappa shape index (κ2) is 7.69. The van der Waals surface area contributed by atoms with Crippen LogP contribution >= 0.6 is 11.8 Å². The van der Waals surface area contributed by atoms with Crippen LogP contribution in [0.1, 0.15) is 40.0 Å². The molecule has 2 nitrogen and oxygen atoms in total. The molecule has 0 rings (SSSR count). The highest BCUT2D eigenvalue weighted by Gasteiger charge is 2.07. The van der Waals surface area contributed by atoms with E-state index in [1.807, 2.05) is 0 Å². The van der Waals surface area contributed by atoms with Gasteiger partial charge in [-0.1, -0.05) is 25.3 Å². The summed E-state index contributed by atoms with van der Waals surface area (Å²) in [6.07, 6.45) is 2.48. The SMILES string of the molecule is C=C(C)C(=O)CCCC(C)CSC(C)=O. The Hall–Kier alpha value is -0.570. The van der Waals surface area contributed by atoms with Crippen LogP contribution in [0.3, 0.4) is 0 Å². The molecular formula is C12H20O2S. The van der Waals surface area contributed by atoms with E-state index in [0.717, 1.165) is 18.6 Å². The molecule has 0 aliphatic rings. The quantitative estimate of drug-likeness (QED) is 0.627. The summed E-state index contributed by atoms with van der Waals surface area (Å²) in [5.41, 5.74) is 0.640. The van der Waals surface area contributed by atoms with E-state index >= 15 is 0 Å². The lowest BCUT2D eigenvalue weighted by molar-refractivity contribution is -0.115. The maximum atomic E-state index is 11.2. The summed E-state index contributed by atoms with van der Waals surface area (Å²) >= 11 is 1.36. The van der Waals surface area contributed by atoms with Crippen LogP contribution in [0.2, 0.25) is 0 Å². The maximum absolute atomic E-state index is 11.2. The van der Waals surface area contributed by atoms with Crippen molar-refractivity contribution in [2.24, 2.45) is 5.92 Å². The Morgan fingerprint density at radius 3 is 2.40 bits per heavy atom. The van der Waals surface area contributed by atoms with Gasteiger partial charge in [0, 0.05) is 19.1 Å². The van der Waals surface area contributed by atoms with Crippen molar-refractivity contribution >= 4 is 22.7 Å². The molecule has 0 N–H and O–H groups in total. The summed E-state index contributed by atoms with van der Waals surface area (Å²) in [5, 5.41) is 0.167. The van der Waals surface area contributed by atoms with Crippen molar-refractivity contribution in [2.45, 2.75) is 40.0 Å². The van der Waals surface area contributed by atoms with Gasteiger partial charge in [0.15, 0.2) is 10.9 Å². The van der Waals surface area contributed by atoms with E-state index in [2.05, 4.69) is 13.5 Å². The molecule has 0 aromatic heterocycles. The van der Waals surface area contributed by atoms with Gasteiger partial charge >= 0.3 is 0 Å². The first kappa shape index (κ1) is 14.4. The number of thioether (sulfide) groups is 1. The summed E-state index contributed by atoms with van der Waals surface area (Å²) in [6, 6.07) is 0. The molecule has 0 saturated carbocycles. The highest BCUT2D eigenvalue weighted by atomic mass is 32.2. The van der Waals surface area contributed by atoms with Crippen LogP contribution in [-0.2, 0) is 9.59 Å². The molecule has 0 aromatic rings. The maximum Gasteiger partial charge on any atom is 0.185 e. The van der Waals surface area contributed by atoms with Crippen LogP contribution in [0.15, 0.2) is 12.2 Å². The van der Waals surface area contributed by atoms with E-state index in [1.165, 1.54) is 11.8 Å². The molecule has 0 fully saturated rings. The van der Waals surface area contributed by atoms with Gasteiger partial charge in [-0.2, -0.15) is 0 Å². The van der Waals surface area contributed by atoms with E-state index in [4.69, 9.17) is 0 Å². The first-order valence-electron chi connectivity index (χ1n) is 5.25. The Morgan fingerprint density at radius 1 is 1.33 bits per heavy atom. The van der Waals surface area contributed by atoms with Crippen LogP contribution in [-0.4, -0.2) is 16.7 Å². The van der Waals surface area contributed by atoms with Gasteiger partial charge < -0.3 is 0 Å². The summed E-state index contributed by atoms with van der Waals surface area (Å²) in [4.78, 5) is 21.9. The lowest BCUT2D eigenvalue weighted by atomic mass is 10.0. The van der Waals surface area contributed by atoms with Crippen molar-refractivity contribution in [2.75, 3.05) is 5.75 Å². The zero-order valence-corrected chi connectivity index (χ0v) is 10.7. The van der Waals surface area contributed by atoms with Gasteiger partial charge in [-0.3, -0.25) is 9.59 Å². The lowest BCUT2D eigenvalue weighted by Crippen LogP contribution is -2.03. The highest BCUT2D eigenvalue weighted by Crippen LogP contribution is 2.15. The van der Waals surface area contributed by atoms with Crippen LogP contribution in [0.5, 0.6) is 0 Å². The molecule has 0 aliphatic carbocycles. The standard InChI is InChI=1S/C12H20O2S/c1-9(2)12(14)7-5-6-10(3)8-15-11(4)13/h10H,1,5-8H2,2-4H3. The van der Waals surface area contributed by atoms with Gasteiger partial charge in [0.05, 0.1) is 0 Å². The largest absolute Gasteiger partial charge is 0.295 e. The van der Waals surface area contributed by atoms with Crippen LogP contribution in [0, 0.1) is 5.92 Å². The second-order valence-electron chi connectivity index (χ2n) is 4.00. The molecule has 0 saturated heterocycles. The minimum Gasteiger partial charge on any atom is -0.295 e. The van der Waals surface area contributed by atoms with Crippen LogP contribution in [0.4, 0.5) is 0 Å². The number of rotatable bonds is 7. The molecule has 0 bridgehead atoms. The highest BCUT2D eigenvalue weighted by molar-refractivity contribution is 8.13. The Labute approximate surface area is 96.5 Å². The van der Waals surface area contributed by atoms with E-state index in [1.54, 1.807) is 13.8 Å². The zero-order valence-electron chi connectivity index (χ0n) is 9.84.